The molecule has 16 heavy (non-hydrogen) atoms. The van der Waals surface area contributed by atoms with E-state index in [1.807, 2.05) is 23.2 Å². The van der Waals surface area contributed by atoms with Crippen LogP contribution in [0, 0.1) is 0 Å². The molecule has 0 spiro atoms. The lowest BCUT2D eigenvalue weighted by atomic mass is 10.1. The number of carbonyl (C=O) groups is 1. The van der Waals surface area contributed by atoms with Crippen LogP contribution in [0.5, 0.6) is 0 Å². The number of morpholine rings is 1. The van der Waals surface area contributed by atoms with Crippen LogP contribution in [0.15, 0.2) is 24.5 Å². The summed E-state index contributed by atoms with van der Waals surface area (Å²) in [6.07, 6.45) is 4.52. The number of hydrogen-bond acceptors (Lipinski definition) is 3. The summed E-state index contributed by atoms with van der Waals surface area (Å²) in [5.74, 6) is 0.125. The number of pyridine rings is 1. The van der Waals surface area contributed by atoms with Gasteiger partial charge in [0.25, 0.3) is 0 Å². The quantitative estimate of drug-likeness (QED) is 0.742. The molecule has 1 aliphatic rings. The van der Waals surface area contributed by atoms with Gasteiger partial charge in [0.2, 0.25) is 5.91 Å². The maximum atomic E-state index is 11.3. The largest absolute Gasteiger partial charge is 0.374 e. The van der Waals surface area contributed by atoms with E-state index in [9.17, 15) is 4.79 Å². The highest BCUT2D eigenvalue weighted by molar-refractivity contribution is 5.73. The minimum absolute atomic E-state index is 0.0989. The van der Waals surface area contributed by atoms with Crippen LogP contribution in [0.4, 0.5) is 0 Å². The van der Waals surface area contributed by atoms with Gasteiger partial charge in [-0.25, -0.2) is 0 Å². The summed E-state index contributed by atoms with van der Waals surface area (Å²) < 4.78 is 5.64. The number of carbonyl (C=O) groups excluding carboxylic acids is 1. The van der Waals surface area contributed by atoms with Gasteiger partial charge in [0.15, 0.2) is 0 Å². The van der Waals surface area contributed by atoms with Crippen molar-refractivity contribution in [3.8, 4) is 0 Å². The molecule has 0 radical (unpaired) electrons. The Morgan fingerprint density at radius 2 is 2.56 bits per heavy atom. The van der Waals surface area contributed by atoms with E-state index in [0.717, 1.165) is 12.0 Å². The predicted octanol–water partition coefficient (Wildman–Crippen LogP) is 0.871. The van der Waals surface area contributed by atoms with E-state index >= 15 is 0 Å². The van der Waals surface area contributed by atoms with E-state index < -0.39 is 0 Å². The molecule has 2 heterocycles. The number of amides is 1. The van der Waals surface area contributed by atoms with Gasteiger partial charge in [-0.2, -0.15) is 0 Å². The number of aromatic nitrogens is 1. The molecule has 1 fully saturated rings. The zero-order chi connectivity index (χ0) is 11.4. The molecule has 4 heteroatoms. The van der Waals surface area contributed by atoms with Gasteiger partial charge in [-0.15, -0.1) is 0 Å². The fourth-order valence-electron chi connectivity index (χ4n) is 1.91. The van der Waals surface area contributed by atoms with Crippen molar-refractivity contribution in [2.45, 2.75) is 19.4 Å². The van der Waals surface area contributed by atoms with Crippen molar-refractivity contribution < 1.29 is 9.53 Å². The summed E-state index contributed by atoms with van der Waals surface area (Å²) in [4.78, 5) is 17.2. The Labute approximate surface area is 95.2 Å². The van der Waals surface area contributed by atoms with Gasteiger partial charge in [0, 0.05) is 38.8 Å². The summed E-state index contributed by atoms with van der Waals surface area (Å²) in [6.45, 7) is 3.63. The van der Waals surface area contributed by atoms with Crippen LogP contribution in [0.1, 0.15) is 12.5 Å². The van der Waals surface area contributed by atoms with E-state index in [-0.39, 0.29) is 12.0 Å². The summed E-state index contributed by atoms with van der Waals surface area (Å²) >= 11 is 0. The Bertz CT molecular complexity index is 353. The monoisotopic (exact) mass is 220 g/mol. The van der Waals surface area contributed by atoms with Crippen LogP contribution in [-0.2, 0) is 16.0 Å². The molecule has 2 rings (SSSR count). The molecule has 0 bridgehead atoms. The third-order valence-electron chi connectivity index (χ3n) is 2.77. The third-order valence-corrected chi connectivity index (χ3v) is 2.77. The van der Waals surface area contributed by atoms with Crippen LogP contribution < -0.4 is 0 Å². The molecule has 0 unspecified atom stereocenters. The standard InChI is InChI=1S/C12H16N2O2/c1-10(15)14-5-6-16-12(9-14)7-11-3-2-4-13-8-11/h2-4,8,12H,5-7,9H2,1H3/t12-/m1/s1. The first-order chi connectivity index (χ1) is 7.75. The molecular formula is C12H16N2O2. The van der Waals surface area contributed by atoms with Crippen molar-refractivity contribution >= 4 is 5.91 Å². The van der Waals surface area contributed by atoms with Crippen LogP contribution in [-0.4, -0.2) is 41.6 Å². The topological polar surface area (TPSA) is 42.4 Å². The highest BCUT2D eigenvalue weighted by Gasteiger charge is 2.22. The van der Waals surface area contributed by atoms with Gasteiger partial charge < -0.3 is 9.64 Å². The first-order valence-corrected chi connectivity index (χ1v) is 5.52. The summed E-state index contributed by atoms with van der Waals surface area (Å²) in [6, 6.07) is 3.95. The lowest BCUT2D eigenvalue weighted by Crippen LogP contribution is -2.45. The molecule has 0 aliphatic carbocycles. The van der Waals surface area contributed by atoms with Crippen molar-refractivity contribution in [3.63, 3.8) is 0 Å². The lowest BCUT2D eigenvalue weighted by Gasteiger charge is -2.32. The van der Waals surface area contributed by atoms with Gasteiger partial charge in [-0.3, -0.25) is 9.78 Å². The maximum Gasteiger partial charge on any atom is 0.219 e. The highest BCUT2D eigenvalue weighted by Crippen LogP contribution is 2.10. The zero-order valence-corrected chi connectivity index (χ0v) is 9.43. The molecule has 1 aromatic rings. The van der Waals surface area contributed by atoms with Crippen LogP contribution >= 0.6 is 0 Å². The number of ether oxygens (including phenoxy) is 1. The molecule has 1 aromatic heterocycles. The third kappa shape index (κ3) is 2.79. The van der Waals surface area contributed by atoms with Gasteiger partial charge in [-0.1, -0.05) is 6.07 Å². The normalized spacial score (nSPS) is 20.8. The van der Waals surface area contributed by atoms with Crippen molar-refractivity contribution in [3.05, 3.63) is 30.1 Å². The van der Waals surface area contributed by atoms with E-state index in [0.29, 0.717) is 19.7 Å². The predicted molar refractivity (Wildman–Crippen MR) is 59.9 cm³/mol. The van der Waals surface area contributed by atoms with Gasteiger partial charge in [0.05, 0.1) is 12.7 Å². The minimum Gasteiger partial charge on any atom is -0.374 e. The molecule has 0 saturated carbocycles. The zero-order valence-electron chi connectivity index (χ0n) is 9.43. The summed E-state index contributed by atoms with van der Waals surface area (Å²) in [5.41, 5.74) is 1.15. The number of hydrogen-bond donors (Lipinski definition) is 0. The van der Waals surface area contributed by atoms with Crippen molar-refractivity contribution in [2.24, 2.45) is 0 Å². The van der Waals surface area contributed by atoms with Gasteiger partial charge in [-0.05, 0) is 11.6 Å². The molecule has 0 aromatic carbocycles. The SMILES string of the molecule is CC(=O)N1CCO[C@H](Cc2cccnc2)C1. The summed E-state index contributed by atoms with van der Waals surface area (Å²) in [5, 5.41) is 0. The van der Waals surface area contributed by atoms with Gasteiger partial charge in [0.1, 0.15) is 0 Å². The van der Waals surface area contributed by atoms with E-state index in [4.69, 9.17) is 4.74 Å². The van der Waals surface area contributed by atoms with Crippen LogP contribution in [0.25, 0.3) is 0 Å². The second kappa shape index (κ2) is 5.07. The molecule has 1 atom stereocenters. The molecular weight excluding hydrogens is 204 g/mol. The van der Waals surface area contributed by atoms with E-state index in [1.165, 1.54) is 0 Å². The fraction of sp³-hybridized carbons (Fsp3) is 0.500. The Kier molecular flexibility index (Phi) is 3.51. The summed E-state index contributed by atoms with van der Waals surface area (Å²) in [7, 11) is 0. The van der Waals surface area contributed by atoms with Crippen molar-refractivity contribution in [1.29, 1.82) is 0 Å². The lowest BCUT2D eigenvalue weighted by molar-refractivity contribution is -0.136. The van der Waals surface area contributed by atoms with Crippen molar-refractivity contribution in [2.75, 3.05) is 19.7 Å². The van der Waals surface area contributed by atoms with Crippen molar-refractivity contribution in [1.82, 2.24) is 9.88 Å². The van der Waals surface area contributed by atoms with Gasteiger partial charge >= 0.3 is 0 Å². The average Bonchev–Trinajstić information content (AvgIpc) is 2.30. The Morgan fingerprint density at radius 3 is 3.25 bits per heavy atom. The van der Waals surface area contributed by atoms with Crippen LogP contribution in [0.3, 0.4) is 0 Å². The second-order valence-corrected chi connectivity index (χ2v) is 4.02. The maximum absolute atomic E-state index is 11.3. The molecule has 0 N–H and O–H groups in total. The van der Waals surface area contributed by atoms with E-state index in [2.05, 4.69) is 4.98 Å². The Hall–Kier alpha value is -1.42. The molecule has 1 aliphatic heterocycles. The number of rotatable bonds is 2. The van der Waals surface area contributed by atoms with Crippen LogP contribution in [0.2, 0.25) is 0 Å². The second-order valence-electron chi connectivity index (χ2n) is 4.02. The smallest absolute Gasteiger partial charge is 0.219 e. The van der Waals surface area contributed by atoms with E-state index in [1.54, 1.807) is 13.1 Å². The Balaban J connectivity index is 1.93. The first kappa shape index (κ1) is 11.1. The molecule has 86 valence electrons. The fourth-order valence-corrected chi connectivity index (χ4v) is 1.91. The number of nitrogens with zero attached hydrogens (tertiary/aromatic N) is 2. The molecule has 1 amide bonds. The highest BCUT2D eigenvalue weighted by atomic mass is 16.5. The molecule has 4 nitrogen and oxygen atoms in total. The first-order valence-electron chi connectivity index (χ1n) is 5.52. The Morgan fingerprint density at radius 1 is 1.69 bits per heavy atom. The molecule has 1 saturated heterocycles. The minimum atomic E-state index is 0.0989. The average molecular weight is 220 g/mol.